The van der Waals surface area contributed by atoms with Gasteiger partial charge in [-0.1, -0.05) is 13.0 Å². The van der Waals surface area contributed by atoms with Crippen molar-refractivity contribution >= 4 is 28.2 Å². The van der Waals surface area contributed by atoms with Gasteiger partial charge in [0.05, 0.1) is 36.7 Å². The summed E-state index contributed by atoms with van der Waals surface area (Å²) >= 11 is 0. The van der Waals surface area contributed by atoms with E-state index < -0.39 is 11.7 Å². The molecule has 2 N–H and O–H groups in total. The van der Waals surface area contributed by atoms with E-state index in [1.54, 1.807) is 12.1 Å². The highest BCUT2D eigenvalue weighted by Crippen LogP contribution is 2.43. The van der Waals surface area contributed by atoms with Gasteiger partial charge < -0.3 is 29.5 Å². The van der Waals surface area contributed by atoms with Gasteiger partial charge in [0.2, 0.25) is 0 Å². The van der Waals surface area contributed by atoms with E-state index >= 15 is 0 Å². The standard InChI is InChI=1S/C32H37F2N5O5/c1-2-23-24(34)5-4-20-10-22(41)11-26(27(20)23)39-15-25-28(30(39)42)29(37-8-9-43-17-19(13-37)16-40)36-31(35-25)44-18-32-6-3-7-38(32)14-21(33)12-32/h4-5,10-11,19,21,40-41H,2-3,6-9,12-18H2,1H3/t19?,21-,32+/m1/s1. The van der Waals surface area contributed by atoms with Crippen molar-refractivity contribution in [3.63, 3.8) is 0 Å². The monoisotopic (exact) mass is 609 g/mol. The fourth-order valence-electron chi connectivity index (χ4n) is 7.52. The molecule has 0 spiro atoms. The molecule has 3 aromatic rings. The second-order valence-electron chi connectivity index (χ2n) is 12.4. The van der Waals surface area contributed by atoms with Crippen molar-refractivity contribution in [2.75, 3.05) is 62.4 Å². The number of aliphatic hydroxyl groups is 1. The van der Waals surface area contributed by atoms with Crippen molar-refractivity contribution in [1.82, 2.24) is 14.9 Å². The first-order chi connectivity index (χ1) is 21.3. The van der Waals surface area contributed by atoms with Crippen LogP contribution in [0.2, 0.25) is 0 Å². The Morgan fingerprint density at radius 3 is 2.89 bits per heavy atom. The van der Waals surface area contributed by atoms with E-state index in [-0.39, 0.29) is 49.2 Å². The molecule has 1 unspecified atom stereocenters. The molecule has 3 fully saturated rings. The number of hydrogen-bond donors (Lipinski definition) is 2. The van der Waals surface area contributed by atoms with Crippen LogP contribution in [-0.4, -0.2) is 95.3 Å². The van der Waals surface area contributed by atoms with Gasteiger partial charge in [-0.2, -0.15) is 9.97 Å². The molecule has 0 bridgehead atoms. The summed E-state index contributed by atoms with van der Waals surface area (Å²) in [7, 11) is 0. The van der Waals surface area contributed by atoms with Crippen molar-refractivity contribution in [1.29, 1.82) is 0 Å². The maximum atomic E-state index is 15.0. The minimum absolute atomic E-state index is 0.0428. The molecular formula is C32H37F2N5O5. The smallest absolute Gasteiger partial charge is 0.318 e. The number of alkyl halides is 1. The van der Waals surface area contributed by atoms with E-state index in [0.29, 0.717) is 84.8 Å². The Hall–Kier alpha value is -3.61. The number of aromatic hydroxyl groups is 1. The molecule has 4 aliphatic rings. The summed E-state index contributed by atoms with van der Waals surface area (Å²) in [6.45, 7) is 4.91. The first-order valence-corrected chi connectivity index (χ1v) is 15.4. The Balaban J connectivity index is 1.30. The zero-order chi connectivity index (χ0) is 30.6. The molecule has 0 aliphatic carbocycles. The quantitative estimate of drug-likeness (QED) is 0.415. The fraction of sp³-hybridized carbons (Fsp3) is 0.531. The molecule has 5 heterocycles. The summed E-state index contributed by atoms with van der Waals surface area (Å²) in [5.41, 5.74) is 1.19. The zero-order valence-corrected chi connectivity index (χ0v) is 24.8. The van der Waals surface area contributed by atoms with Crippen LogP contribution in [0.5, 0.6) is 11.8 Å². The van der Waals surface area contributed by atoms with Crippen LogP contribution in [-0.2, 0) is 17.7 Å². The van der Waals surface area contributed by atoms with E-state index in [1.807, 2.05) is 11.8 Å². The van der Waals surface area contributed by atoms with Crippen LogP contribution in [0, 0.1) is 11.7 Å². The number of ether oxygens (including phenoxy) is 2. The number of carbonyl (C=O) groups excluding carboxylic acids is 1. The summed E-state index contributed by atoms with van der Waals surface area (Å²) in [5, 5.41) is 21.7. The lowest BCUT2D eigenvalue weighted by Crippen LogP contribution is -2.43. The lowest BCUT2D eigenvalue weighted by Gasteiger charge is -2.31. The van der Waals surface area contributed by atoms with Gasteiger partial charge in [-0.05, 0) is 48.9 Å². The number of fused-ring (bicyclic) bond motifs is 3. The van der Waals surface area contributed by atoms with Crippen LogP contribution < -0.4 is 14.5 Å². The number of rotatable bonds is 7. The van der Waals surface area contributed by atoms with E-state index in [1.165, 1.54) is 17.0 Å². The van der Waals surface area contributed by atoms with E-state index in [9.17, 15) is 23.8 Å². The number of carbonyl (C=O) groups is 1. The SMILES string of the molecule is CCc1c(F)ccc2cc(O)cc(N3Cc4nc(OC[C@@]56CCCN5C[C@H](F)C6)nc(N5CCOCC(CO)C5)c4C3=O)c12. The highest BCUT2D eigenvalue weighted by atomic mass is 19.1. The Bertz CT molecular complexity index is 1610. The number of aromatic nitrogens is 2. The van der Waals surface area contributed by atoms with Crippen LogP contribution in [0.25, 0.3) is 10.8 Å². The normalized spacial score (nSPS) is 25.5. The summed E-state index contributed by atoms with van der Waals surface area (Å²) in [6.07, 6.45) is 1.71. The second-order valence-corrected chi connectivity index (χ2v) is 12.4. The number of nitrogens with zero attached hydrogens (tertiary/aromatic N) is 5. The molecular weight excluding hydrogens is 572 g/mol. The lowest BCUT2D eigenvalue weighted by molar-refractivity contribution is 0.0959. The van der Waals surface area contributed by atoms with Crippen molar-refractivity contribution < 1.29 is 33.3 Å². The Morgan fingerprint density at radius 2 is 2.07 bits per heavy atom. The number of amides is 1. The predicted octanol–water partition coefficient (Wildman–Crippen LogP) is 3.60. The van der Waals surface area contributed by atoms with Crippen LogP contribution >= 0.6 is 0 Å². The molecule has 44 heavy (non-hydrogen) atoms. The van der Waals surface area contributed by atoms with Crippen molar-refractivity contribution in [3.8, 4) is 11.8 Å². The van der Waals surface area contributed by atoms with E-state index in [4.69, 9.17) is 19.4 Å². The van der Waals surface area contributed by atoms with Crippen LogP contribution in [0.4, 0.5) is 20.3 Å². The molecule has 1 aromatic heterocycles. The van der Waals surface area contributed by atoms with Crippen LogP contribution in [0.1, 0.15) is 47.8 Å². The van der Waals surface area contributed by atoms with Gasteiger partial charge in [0.15, 0.2) is 0 Å². The topological polar surface area (TPSA) is 111 Å². The third-order valence-electron chi connectivity index (χ3n) is 9.61. The molecule has 4 aliphatic heterocycles. The molecule has 1 amide bonds. The van der Waals surface area contributed by atoms with Gasteiger partial charge in [-0.15, -0.1) is 0 Å². The Morgan fingerprint density at radius 1 is 1.20 bits per heavy atom. The molecule has 0 saturated carbocycles. The number of anilines is 2. The highest BCUT2D eigenvalue weighted by molar-refractivity contribution is 6.16. The number of aliphatic hydroxyl groups excluding tert-OH is 1. The van der Waals surface area contributed by atoms with Crippen molar-refractivity contribution in [2.45, 2.75) is 50.9 Å². The number of aryl methyl sites for hydroxylation is 1. The molecule has 3 saturated heterocycles. The summed E-state index contributed by atoms with van der Waals surface area (Å²) in [4.78, 5) is 29.3. The molecule has 2 aromatic carbocycles. The van der Waals surface area contributed by atoms with E-state index in [0.717, 1.165) is 19.4 Å². The van der Waals surface area contributed by atoms with Gasteiger partial charge in [-0.25, -0.2) is 8.78 Å². The first-order valence-electron chi connectivity index (χ1n) is 15.4. The van der Waals surface area contributed by atoms with Crippen molar-refractivity contribution in [3.05, 3.63) is 46.9 Å². The highest BCUT2D eigenvalue weighted by Gasteiger charge is 2.49. The largest absolute Gasteiger partial charge is 0.508 e. The first kappa shape index (κ1) is 29.1. The summed E-state index contributed by atoms with van der Waals surface area (Å²) in [6, 6.07) is 6.12. The third kappa shape index (κ3) is 4.93. The maximum Gasteiger partial charge on any atom is 0.318 e. The van der Waals surface area contributed by atoms with Gasteiger partial charge in [-0.3, -0.25) is 9.69 Å². The molecule has 7 rings (SSSR count). The number of phenols is 1. The average molecular weight is 610 g/mol. The number of phenolic OH excluding ortho intramolecular Hbond substituents is 1. The lowest BCUT2D eigenvalue weighted by atomic mass is 9.95. The van der Waals surface area contributed by atoms with Crippen LogP contribution in [0.3, 0.4) is 0 Å². The summed E-state index contributed by atoms with van der Waals surface area (Å²) < 4.78 is 41.4. The summed E-state index contributed by atoms with van der Waals surface area (Å²) in [5.74, 6) is -0.602. The minimum atomic E-state index is -0.899. The maximum absolute atomic E-state index is 15.0. The zero-order valence-electron chi connectivity index (χ0n) is 24.8. The number of halogens is 2. The van der Waals surface area contributed by atoms with E-state index in [2.05, 4.69) is 4.90 Å². The number of hydrogen-bond acceptors (Lipinski definition) is 9. The van der Waals surface area contributed by atoms with Gasteiger partial charge in [0.1, 0.15) is 35.7 Å². The minimum Gasteiger partial charge on any atom is -0.508 e. The molecule has 12 heteroatoms. The molecule has 10 nitrogen and oxygen atoms in total. The Labute approximate surface area is 254 Å². The molecule has 0 radical (unpaired) electrons. The van der Waals surface area contributed by atoms with Gasteiger partial charge in [0, 0.05) is 50.0 Å². The Kier molecular flexibility index (Phi) is 7.54. The van der Waals surface area contributed by atoms with Crippen molar-refractivity contribution in [2.24, 2.45) is 5.92 Å². The second kappa shape index (κ2) is 11.4. The predicted molar refractivity (Wildman–Crippen MR) is 160 cm³/mol. The number of benzene rings is 2. The molecule has 3 atom stereocenters. The van der Waals surface area contributed by atoms with Gasteiger partial charge >= 0.3 is 6.01 Å². The third-order valence-corrected chi connectivity index (χ3v) is 9.61. The van der Waals surface area contributed by atoms with Gasteiger partial charge in [0.25, 0.3) is 5.91 Å². The van der Waals surface area contributed by atoms with Crippen LogP contribution in [0.15, 0.2) is 24.3 Å². The average Bonchev–Trinajstić information content (AvgIpc) is 3.57. The molecule has 234 valence electrons. The fourth-order valence-corrected chi connectivity index (χ4v) is 7.52.